The molecule has 0 saturated carbocycles. The van der Waals surface area contributed by atoms with Crippen molar-refractivity contribution in [3.05, 3.63) is 0 Å². The van der Waals surface area contributed by atoms with Crippen molar-refractivity contribution in [3.63, 3.8) is 0 Å². The first-order valence-electron chi connectivity index (χ1n) is 39.8. The molecule has 0 bridgehead atoms. The molecule has 0 aliphatic rings. The van der Waals surface area contributed by atoms with Gasteiger partial charge in [-0.25, -0.2) is 0 Å². The minimum atomic E-state index is -0.913. The van der Waals surface area contributed by atoms with Gasteiger partial charge in [-0.1, -0.05) is 364 Å². The van der Waals surface area contributed by atoms with Gasteiger partial charge in [-0.05, 0) is 103 Å². The number of carboxylic acids is 8. The topological polar surface area (TPSA) is 321 Å². The Morgan fingerprint density at radius 3 is 0.240 bits per heavy atom. The zero-order valence-corrected chi connectivity index (χ0v) is 71.8. The molecule has 0 aromatic carbocycles. The van der Waals surface area contributed by atoms with E-state index >= 15 is 0 Å². The smallest absolute Gasteiger partial charge is 0.550 e. The van der Waals surface area contributed by atoms with Crippen molar-refractivity contribution in [2.45, 2.75) is 466 Å². The molecule has 0 aliphatic heterocycles. The average Bonchev–Trinajstić information content (AvgIpc) is 3.79. The fourth-order valence-corrected chi connectivity index (χ4v) is 9.81. The maximum absolute atomic E-state index is 10.0. The van der Waals surface area contributed by atoms with Gasteiger partial charge >= 0.3 is 151 Å². The van der Waals surface area contributed by atoms with Gasteiger partial charge in [-0.15, -0.1) is 0 Å². The van der Waals surface area contributed by atoms with E-state index in [0.29, 0.717) is 0 Å². The van der Waals surface area contributed by atoms with Crippen molar-refractivity contribution in [1.82, 2.24) is 0 Å². The van der Waals surface area contributed by atoms with E-state index in [9.17, 15) is 79.2 Å². The quantitative estimate of drug-likeness (QED) is 0.0403. The van der Waals surface area contributed by atoms with Crippen LogP contribution in [0.3, 0.4) is 0 Å². The number of aliphatic carboxylic acids is 8. The van der Waals surface area contributed by atoms with Gasteiger partial charge in [0.25, 0.3) is 0 Å². The third-order valence-corrected chi connectivity index (χ3v) is 15.9. The largest absolute Gasteiger partial charge is 1.00 e. The Hall–Kier alpha value is 0.539. The molecule has 0 fully saturated rings. The Bertz CT molecular complexity index is 1260. The number of unbranched alkanes of at least 4 members (excludes halogenated alkanes) is 48. The third kappa shape index (κ3) is 201. The standard InChI is InChI=1S/8C10H20O2.8Li/c8*1-2-3-4-5-6-7-8-9-10(11)12;;;;;;;;/h8*2-9H2,1H3,(H,11,12);;;;;;;;/q;;;;;;;;8*+1/p-8. The maximum Gasteiger partial charge on any atom is 1.00 e. The van der Waals surface area contributed by atoms with Crippen molar-refractivity contribution in [2.75, 3.05) is 0 Å². The van der Waals surface area contributed by atoms with E-state index in [1.165, 1.54) is 257 Å². The number of hydrogen-bond donors (Lipinski definition) is 0. The summed E-state index contributed by atoms with van der Waals surface area (Å²) in [7, 11) is 0. The summed E-state index contributed by atoms with van der Waals surface area (Å²) in [6.45, 7) is 17.5. The number of carbonyl (C=O) groups is 8. The zero-order chi connectivity index (χ0) is 73.9. The Balaban J connectivity index is -0.0000000601. The zero-order valence-electron chi connectivity index (χ0n) is 71.8. The van der Waals surface area contributed by atoms with E-state index in [1.54, 1.807) is 0 Å². The van der Waals surface area contributed by atoms with Crippen LogP contribution in [0.2, 0.25) is 0 Å². The summed E-state index contributed by atoms with van der Waals surface area (Å²) in [4.78, 5) is 80.2. The Morgan fingerprint density at radius 2 is 0.183 bits per heavy atom. The molecule has 0 radical (unpaired) electrons. The van der Waals surface area contributed by atoms with Gasteiger partial charge in [0.05, 0.1) is 0 Å². The molecule has 0 aromatic heterocycles. The first-order chi connectivity index (χ1) is 46.2. The van der Waals surface area contributed by atoms with Crippen LogP contribution in [-0.4, -0.2) is 47.8 Å². The summed E-state index contributed by atoms with van der Waals surface area (Å²) in [5.41, 5.74) is 0. The molecule has 104 heavy (non-hydrogen) atoms. The second kappa shape index (κ2) is 139. The molecular weight excluding hydrogens is 1270 g/mol. The van der Waals surface area contributed by atoms with Crippen LogP contribution in [0, 0.1) is 0 Å². The van der Waals surface area contributed by atoms with E-state index in [2.05, 4.69) is 55.4 Å². The molecule has 0 amide bonds. The van der Waals surface area contributed by atoms with E-state index in [-0.39, 0.29) is 202 Å². The fourth-order valence-electron chi connectivity index (χ4n) is 9.81. The molecule has 0 N–H and O–H groups in total. The predicted molar refractivity (Wildman–Crippen MR) is 381 cm³/mol. The summed E-state index contributed by atoms with van der Waals surface area (Å²) in [6, 6.07) is 0. The van der Waals surface area contributed by atoms with Crippen LogP contribution >= 0.6 is 0 Å². The van der Waals surface area contributed by atoms with Gasteiger partial charge in [0, 0.05) is 47.8 Å². The number of carbonyl (C=O) groups excluding carboxylic acids is 8. The van der Waals surface area contributed by atoms with Crippen molar-refractivity contribution < 1.29 is 230 Å². The SMILES string of the molecule is CCCCCCCCCC(=O)[O-].CCCCCCCCCC(=O)[O-].CCCCCCCCCC(=O)[O-].CCCCCCCCCC(=O)[O-].CCCCCCCCCC(=O)[O-].CCCCCCCCCC(=O)[O-].CCCCCCCCCC(=O)[O-].CCCCCCCCCC(=O)[O-].[Li+].[Li+].[Li+].[Li+].[Li+].[Li+].[Li+].[Li+]. The van der Waals surface area contributed by atoms with E-state index in [4.69, 9.17) is 0 Å². The predicted octanol–water partition coefficient (Wildman–Crippen LogP) is -8.95. The van der Waals surface area contributed by atoms with Crippen LogP contribution in [-0.2, 0) is 38.4 Å². The first-order valence-corrected chi connectivity index (χ1v) is 39.8. The van der Waals surface area contributed by atoms with Crippen LogP contribution in [0.1, 0.15) is 466 Å². The summed E-state index contributed by atoms with van der Waals surface area (Å²) in [5.74, 6) is -7.31. The molecule has 0 atom stereocenters. The van der Waals surface area contributed by atoms with Crippen molar-refractivity contribution >= 4 is 47.8 Å². The number of carboxylic acid groups (broad SMARTS) is 8. The van der Waals surface area contributed by atoms with Gasteiger partial charge in [0.1, 0.15) is 0 Å². The second-order valence-electron chi connectivity index (χ2n) is 25.9. The molecule has 24 heteroatoms. The third-order valence-electron chi connectivity index (χ3n) is 15.9. The monoisotopic (exact) mass is 1430 g/mol. The maximum atomic E-state index is 10.0. The van der Waals surface area contributed by atoms with E-state index < -0.39 is 47.8 Å². The van der Waals surface area contributed by atoms with Gasteiger partial charge in [-0.2, -0.15) is 0 Å². The molecule has 0 spiro atoms. The molecule has 576 valence electrons. The van der Waals surface area contributed by atoms with Crippen LogP contribution in [0.5, 0.6) is 0 Å². The Labute approximate surface area is 737 Å². The van der Waals surface area contributed by atoms with Crippen molar-refractivity contribution in [2.24, 2.45) is 0 Å². The van der Waals surface area contributed by atoms with Crippen LogP contribution in [0.4, 0.5) is 0 Å². The number of rotatable bonds is 64. The van der Waals surface area contributed by atoms with Gasteiger partial charge in [0.15, 0.2) is 0 Å². The average molecular weight is 1430 g/mol. The minimum absolute atomic E-state index is 0. The normalized spacial score (nSPS) is 9.31. The van der Waals surface area contributed by atoms with Crippen LogP contribution < -0.4 is 192 Å². The molecule has 0 aromatic rings. The molecule has 16 nitrogen and oxygen atoms in total. The minimum Gasteiger partial charge on any atom is -0.550 e. The summed E-state index contributed by atoms with van der Waals surface area (Å²) >= 11 is 0. The second-order valence-corrected chi connectivity index (χ2v) is 25.9. The summed E-state index contributed by atoms with van der Waals surface area (Å²) in [6.07, 6.45) is 66.7. The molecule has 0 unspecified atom stereocenters. The molecule has 0 aliphatic carbocycles. The van der Waals surface area contributed by atoms with Gasteiger partial charge in [-0.3, -0.25) is 0 Å². The molecule has 0 rings (SSSR count). The summed E-state index contributed by atoms with van der Waals surface area (Å²) < 4.78 is 0. The molecule has 0 saturated heterocycles. The van der Waals surface area contributed by atoms with Crippen molar-refractivity contribution in [1.29, 1.82) is 0 Å². The van der Waals surface area contributed by atoms with Crippen LogP contribution in [0.15, 0.2) is 0 Å². The fraction of sp³-hybridized carbons (Fsp3) is 0.900. The summed E-state index contributed by atoms with van der Waals surface area (Å²) in [5, 5.41) is 80.2. The molecule has 0 heterocycles. The first kappa shape index (κ1) is 143. The van der Waals surface area contributed by atoms with E-state index in [1.807, 2.05) is 0 Å². The van der Waals surface area contributed by atoms with Crippen LogP contribution in [0.25, 0.3) is 0 Å². The number of hydrogen-bond acceptors (Lipinski definition) is 16. The van der Waals surface area contributed by atoms with Gasteiger partial charge in [0.2, 0.25) is 0 Å². The van der Waals surface area contributed by atoms with E-state index in [0.717, 1.165) is 103 Å². The Morgan fingerprint density at radius 1 is 0.125 bits per heavy atom. The van der Waals surface area contributed by atoms with Crippen molar-refractivity contribution in [3.8, 4) is 0 Å². The Kier molecular flexibility index (Phi) is 191. The van der Waals surface area contributed by atoms with Gasteiger partial charge < -0.3 is 79.2 Å². The molecular formula is C80H152Li8O16.